The largest absolute Gasteiger partial charge is 0.273 e. The molecule has 7 nitrogen and oxygen atoms in total. The molecule has 0 bridgehead atoms. The van der Waals surface area contributed by atoms with Gasteiger partial charge in [-0.15, -0.1) is 0 Å². The summed E-state index contributed by atoms with van der Waals surface area (Å²) in [7, 11) is -3.86. The van der Waals surface area contributed by atoms with Crippen LogP contribution in [0.5, 0.6) is 0 Å². The number of nitrogens with zero attached hydrogens (tertiary/aromatic N) is 1. The molecule has 1 saturated heterocycles. The second-order valence-electron chi connectivity index (χ2n) is 6.93. The maximum atomic E-state index is 12.9. The first kappa shape index (κ1) is 22.6. The molecule has 2 N–H and O–H groups in total. The summed E-state index contributed by atoms with van der Waals surface area (Å²) < 4.78 is 27.1. The van der Waals surface area contributed by atoms with Crippen LogP contribution in [0.1, 0.15) is 18.4 Å². The fraction of sp³-hybridized carbons (Fsp3) is 0.300. The topological polar surface area (TPSA) is 95.6 Å². The highest BCUT2D eigenvalue weighted by Gasteiger charge is 2.34. The van der Waals surface area contributed by atoms with Crippen molar-refractivity contribution >= 4 is 45.0 Å². The van der Waals surface area contributed by atoms with Crippen LogP contribution in [-0.4, -0.2) is 37.6 Å². The van der Waals surface area contributed by atoms with Crippen LogP contribution in [-0.2, 0) is 26.0 Å². The van der Waals surface area contributed by atoms with Gasteiger partial charge in [-0.05, 0) is 30.5 Å². The highest BCUT2D eigenvalue weighted by molar-refractivity contribution is 7.89. The summed E-state index contributed by atoms with van der Waals surface area (Å²) in [6.07, 6.45) is 0.791. The zero-order chi connectivity index (χ0) is 21.7. The summed E-state index contributed by atoms with van der Waals surface area (Å²) >= 11 is 12.1. The number of sulfonamides is 1. The molecule has 1 fully saturated rings. The Morgan fingerprint density at radius 1 is 0.933 bits per heavy atom. The summed E-state index contributed by atoms with van der Waals surface area (Å²) in [6.45, 7) is 0.305. The molecule has 0 radical (unpaired) electrons. The monoisotopic (exact) mass is 469 g/mol. The molecule has 160 valence electrons. The Morgan fingerprint density at radius 3 is 2.13 bits per heavy atom. The van der Waals surface area contributed by atoms with E-state index in [0.29, 0.717) is 12.8 Å². The Kier molecular flexibility index (Phi) is 7.36. The molecule has 1 aliphatic rings. The number of halogens is 2. The number of hydrogen-bond donors (Lipinski definition) is 2. The van der Waals surface area contributed by atoms with Crippen molar-refractivity contribution in [2.45, 2.75) is 24.2 Å². The van der Waals surface area contributed by atoms with Crippen molar-refractivity contribution in [1.29, 1.82) is 0 Å². The third-order valence-corrected chi connectivity index (χ3v) is 7.73. The summed E-state index contributed by atoms with van der Waals surface area (Å²) in [5, 5.41) is 0.118. The van der Waals surface area contributed by atoms with Crippen molar-refractivity contribution in [3.8, 4) is 0 Å². The summed E-state index contributed by atoms with van der Waals surface area (Å²) in [4.78, 5) is 24.2. The average molecular weight is 470 g/mol. The zero-order valence-corrected chi connectivity index (χ0v) is 18.3. The lowest BCUT2D eigenvalue weighted by molar-refractivity contribution is -0.131. The van der Waals surface area contributed by atoms with E-state index in [-0.39, 0.29) is 46.3 Å². The van der Waals surface area contributed by atoms with E-state index in [4.69, 9.17) is 23.2 Å². The van der Waals surface area contributed by atoms with Gasteiger partial charge < -0.3 is 0 Å². The number of nitrogens with one attached hydrogen (secondary N) is 2. The highest BCUT2D eigenvalue weighted by Crippen LogP contribution is 2.33. The third-order valence-electron chi connectivity index (χ3n) is 4.87. The number of hydrazine groups is 1. The molecule has 0 aromatic heterocycles. The molecule has 30 heavy (non-hydrogen) atoms. The van der Waals surface area contributed by atoms with Crippen LogP contribution in [0.15, 0.2) is 53.4 Å². The maximum Gasteiger partial charge on any atom is 0.246 e. The molecule has 2 aromatic rings. The first-order valence-corrected chi connectivity index (χ1v) is 11.6. The predicted octanol–water partition coefficient (Wildman–Crippen LogP) is 2.78. The number of piperidine rings is 1. The van der Waals surface area contributed by atoms with Crippen LogP contribution < -0.4 is 10.9 Å². The van der Waals surface area contributed by atoms with E-state index in [1.165, 1.54) is 16.4 Å². The summed E-state index contributed by atoms with van der Waals surface area (Å²) in [6, 6.07) is 13.7. The van der Waals surface area contributed by atoms with Crippen LogP contribution in [0.4, 0.5) is 0 Å². The highest BCUT2D eigenvalue weighted by atomic mass is 35.5. The number of carbonyl (C=O) groups excluding carboxylic acids is 2. The number of hydrogen-bond acceptors (Lipinski definition) is 4. The van der Waals surface area contributed by atoms with E-state index in [1.54, 1.807) is 6.07 Å². The molecule has 2 aromatic carbocycles. The normalized spacial score (nSPS) is 15.5. The van der Waals surface area contributed by atoms with Crippen LogP contribution in [0.25, 0.3) is 0 Å². The molecular formula is C20H21Cl2N3O4S. The average Bonchev–Trinajstić information content (AvgIpc) is 2.72. The Labute approximate surface area is 185 Å². The first-order valence-electron chi connectivity index (χ1n) is 9.36. The SMILES string of the molecule is O=C(Cc1ccccc1)NNC(=O)C1CCN(S(=O)(=O)c2c(Cl)cccc2Cl)CC1. The first-order chi connectivity index (χ1) is 14.3. The fourth-order valence-electron chi connectivity index (χ4n) is 3.28. The van der Waals surface area contributed by atoms with Gasteiger partial charge in [0.15, 0.2) is 0 Å². The van der Waals surface area contributed by atoms with Gasteiger partial charge in [0.25, 0.3) is 0 Å². The molecule has 1 heterocycles. The van der Waals surface area contributed by atoms with Gasteiger partial charge in [0.05, 0.1) is 16.5 Å². The molecule has 3 rings (SSSR count). The van der Waals surface area contributed by atoms with Crippen LogP contribution in [0.3, 0.4) is 0 Å². The lowest BCUT2D eigenvalue weighted by Gasteiger charge is -2.31. The minimum atomic E-state index is -3.86. The lowest BCUT2D eigenvalue weighted by atomic mass is 9.98. The van der Waals surface area contributed by atoms with Crippen molar-refractivity contribution in [3.63, 3.8) is 0 Å². The Hall–Kier alpha value is -2.13. The molecular weight excluding hydrogens is 449 g/mol. The van der Waals surface area contributed by atoms with E-state index >= 15 is 0 Å². The number of carbonyl (C=O) groups is 2. The van der Waals surface area contributed by atoms with Crippen molar-refractivity contribution in [1.82, 2.24) is 15.2 Å². The fourth-order valence-corrected chi connectivity index (χ4v) is 5.84. The zero-order valence-electron chi connectivity index (χ0n) is 16.0. The van der Waals surface area contributed by atoms with E-state index < -0.39 is 15.9 Å². The summed E-state index contributed by atoms with van der Waals surface area (Å²) in [5.74, 6) is -1.08. The van der Waals surface area contributed by atoms with Crippen molar-refractivity contribution in [2.24, 2.45) is 5.92 Å². The van der Waals surface area contributed by atoms with Gasteiger partial charge in [-0.25, -0.2) is 8.42 Å². The maximum absolute atomic E-state index is 12.9. The Bertz CT molecular complexity index is 1000. The molecule has 0 aliphatic carbocycles. The van der Waals surface area contributed by atoms with Crippen molar-refractivity contribution in [2.75, 3.05) is 13.1 Å². The summed E-state index contributed by atoms with van der Waals surface area (Å²) in [5.41, 5.74) is 5.67. The van der Waals surface area contributed by atoms with E-state index in [2.05, 4.69) is 10.9 Å². The van der Waals surface area contributed by atoms with E-state index in [9.17, 15) is 18.0 Å². The second-order valence-corrected chi connectivity index (χ2v) is 9.62. The van der Waals surface area contributed by atoms with Crippen LogP contribution in [0.2, 0.25) is 10.0 Å². The molecule has 10 heteroatoms. The van der Waals surface area contributed by atoms with Gasteiger partial charge in [0.2, 0.25) is 21.8 Å². The van der Waals surface area contributed by atoms with Gasteiger partial charge >= 0.3 is 0 Å². The van der Waals surface area contributed by atoms with Crippen molar-refractivity contribution < 1.29 is 18.0 Å². The second kappa shape index (κ2) is 9.78. The van der Waals surface area contributed by atoms with Gasteiger partial charge in [-0.3, -0.25) is 20.4 Å². The Morgan fingerprint density at radius 2 is 1.53 bits per heavy atom. The molecule has 2 amide bonds. The standard InChI is InChI=1S/C20H21Cl2N3O4S/c21-16-7-4-8-17(22)19(16)30(28,29)25-11-9-15(10-12-25)20(27)24-23-18(26)13-14-5-2-1-3-6-14/h1-8,15H,9-13H2,(H,23,26)(H,24,27). The van der Waals surface area contributed by atoms with Gasteiger partial charge in [-0.2, -0.15) is 4.31 Å². The quantitative estimate of drug-likeness (QED) is 0.657. The van der Waals surface area contributed by atoms with Crippen LogP contribution in [0, 0.1) is 5.92 Å². The molecule has 0 atom stereocenters. The molecule has 0 saturated carbocycles. The van der Waals surface area contributed by atoms with Gasteiger partial charge in [-0.1, -0.05) is 59.6 Å². The number of benzene rings is 2. The minimum Gasteiger partial charge on any atom is -0.273 e. The van der Waals surface area contributed by atoms with Crippen LogP contribution >= 0.6 is 23.2 Å². The molecule has 0 spiro atoms. The predicted molar refractivity (Wildman–Crippen MR) is 114 cm³/mol. The smallest absolute Gasteiger partial charge is 0.246 e. The molecule has 1 aliphatic heterocycles. The Balaban J connectivity index is 1.52. The molecule has 0 unspecified atom stereocenters. The van der Waals surface area contributed by atoms with E-state index in [1.807, 2.05) is 30.3 Å². The van der Waals surface area contributed by atoms with E-state index in [0.717, 1.165) is 5.56 Å². The third kappa shape index (κ3) is 5.31. The van der Waals surface area contributed by atoms with Gasteiger partial charge in [0, 0.05) is 19.0 Å². The minimum absolute atomic E-state index is 0.0588. The number of rotatable bonds is 5. The van der Waals surface area contributed by atoms with Crippen molar-refractivity contribution in [3.05, 3.63) is 64.1 Å². The lowest BCUT2D eigenvalue weighted by Crippen LogP contribution is -2.48. The number of amides is 2. The van der Waals surface area contributed by atoms with Gasteiger partial charge in [0.1, 0.15) is 4.90 Å².